The lowest BCUT2D eigenvalue weighted by Gasteiger charge is -2.11. The average molecular weight is 367 g/mol. The van der Waals surface area contributed by atoms with Crippen LogP contribution < -0.4 is 5.32 Å². The first-order valence-corrected chi connectivity index (χ1v) is 8.93. The molecule has 0 aliphatic heterocycles. The Hall–Kier alpha value is -3.15. The van der Waals surface area contributed by atoms with Gasteiger partial charge in [0.2, 0.25) is 0 Å². The minimum Gasteiger partial charge on any atom is -0.462 e. The lowest BCUT2D eigenvalue weighted by Crippen LogP contribution is -2.22. The molecule has 1 amide bonds. The third-order valence-corrected chi connectivity index (χ3v) is 4.37. The second kappa shape index (κ2) is 8.49. The number of hydrogen-bond donors (Lipinski definition) is 1. The molecule has 2 aromatic rings. The first-order valence-electron chi connectivity index (χ1n) is 8.93. The molecule has 6 nitrogen and oxygen atoms in total. The number of esters is 2. The zero-order valence-electron chi connectivity index (χ0n) is 15.1. The third-order valence-electron chi connectivity index (χ3n) is 4.37. The topological polar surface area (TPSA) is 81.7 Å². The number of benzene rings is 2. The van der Waals surface area contributed by atoms with Gasteiger partial charge >= 0.3 is 11.9 Å². The van der Waals surface area contributed by atoms with Crippen LogP contribution >= 0.6 is 0 Å². The maximum Gasteiger partial charge on any atom is 0.340 e. The summed E-state index contributed by atoms with van der Waals surface area (Å²) in [5.74, 6) is -1.59. The van der Waals surface area contributed by atoms with Gasteiger partial charge in [-0.25, -0.2) is 9.59 Å². The van der Waals surface area contributed by atoms with E-state index >= 15 is 0 Å². The number of fused-ring (bicyclic) bond motifs is 1. The van der Waals surface area contributed by atoms with Gasteiger partial charge < -0.3 is 14.8 Å². The molecule has 1 N–H and O–H groups in total. The van der Waals surface area contributed by atoms with Crippen molar-refractivity contribution in [2.45, 2.75) is 26.2 Å². The lowest BCUT2D eigenvalue weighted by atomic mass is 10.1. The van der Waals surface area contributed by atoms with Crippen LogP contribution in [0.2, 0.25) is 0 Å². The zero-order valence-corrected chi connectivity index (χ0v) is 15.1. The van der Waals surface area contributed by atoms with E-state index in [0.717, 1.165) is 24.8 Å². The van der Waals surface area contributed by atoms with E-state index in [9.17, 15) is 14.4 Å². The van der Waals surface area contributed by atoms with Gasteiger partial charge in [-0.15, -0.1) is 0 Å². The van der Waals surface area contributed by atoms with Gasteiger partial charge in [0, 0.05) is 0 Å². The van der Waals surface area contributed by atoms with Gasteiger partial charge in [-0.2, -0.15) is 0 Å². The molecule has 2 aromatic carbocycles. The fourth-order valence-electron chi connectivity index (χ4n) is 3.08. The molecule has 27 heavy (non-hydrogen) atoms. The number of carbonyl (C=O) groups excluding carboxylic acids is 3. The molecule has 1 aliphatic rings. The van der Waals surface area contributed by atoms with E-state index in [1.54, 1.807) is 37.3 Å². The van der Waals surface area contributed by atoms with Crippen molar-refractivity contribution in [1.82, 2.24) is 0 Å². The number of anilines is 1. The first-order chi connectivity index (χ1) is 13.1. The monoisotopic (exact) mass is 367 g/mol. The van der Waals surface area contributed by atoms with E-state index < -0.39 is 24.5 Å². The molecule has 0 unspecified atom stereocenters. The maximum atomic E-state index is 12.2. The van der Waals surface area contributed by atoms with Crippen LogP contribution in [-0.2, 0) is 27.1 Å². The first kappa shape index (κ1) is 18.6. The van der Waals surface area contributed by atoms with E-state index in [2.05, 4.69) is 5.32 Å². The van der Waals surface area contributed by atoms with Crippen molar-refractivity contribution in [3.8, 4) is 0 Å². The molecule has 3 rings (SSSR count). The maximum absolute atomic E-state index is 12.2. The summed E-state index contributed by atoms with van der Waals surface area (Å²) in [4.78, 5) is 36.2. The number of nitrogens with one attached hydrogen (secondary N) is 1. The third kappa shape index (κ3) is 4.53. The van der Waals surface area contributed by atoms with Crippen molar-refractivity contribution in [2.75, 3.05) is 18.5 Å². The molecule has 0 heterocycles. The Balaban J connectivity index is 1.59. The van der Waals surface area contributed by atoms with Gasteiger partial charge in [0.25, 0.3) is 5.91 Å². The van der Waals surface area contributed by atoms with Crippen molar-refractivity contribution < 1.29 is 23.9 Å². The van der Waals surface area contributed by atoms with Crippen LogP contribution in [0, 0.1) is 0 Å². The summed E-state index contributed by atoms with van der Waals surface area (Å²) in [6.45, 7) is 1.50. The average Bonchev–Trinajstić information content (AvgIpc) is 3.14. The molecule has 0 aromatic heterocycles. The summed E-state index contributed by atoms with van der Waals surface area (Å²) in [5, 5.41) is 2.58. The standard InChI is InChI=1S/C21H21NO5/c1-2-26-21(25)17-8-3-4-9-18(17)22-19(23)13-27-20(24)16-11-10-14-6-5-7-15(14)12-16/h3-4,8-12H,2,5-7,13H2,1H3,(H,22,23). The molecule has 0 fully saturated rings. The van der Waals surface area contributed by atoms with E-state index in [1.807, 2.05) is 12.1 Å². The fourth-order valence-corrected chi connectivity index (χ4v) is 3.08. The van der Waals surface area contributed by atoms with Crippen molar-refractivity contribution in [3.05, 3.63) is 64.7 Å². The van der Waals surface area contributed by atoms with E-state index in [4.69, 9.17) is 9.47 Å². The minimum absolute atomic E-state index is 0.236. The molecule has 0 saturated carbocycles. The second-order valence-electron chi connectivity index (χ2n) is 6.23. The van der Waals surface area contributed by atoms with E-state index in [1.165, 1.54) is 5.56 Å². The fraction of sp³-hybridized carbons (Fsp3) is 0.286. The summed E-state index contributed by atoms with van der Waals surface area (Å²) in [6.07, 6.45) is 3.09. The van der Waals surface area contributed by atoms with Crippen LogP contribution in [0.25, 0.3) is 0 Å². The van der Waals surface area contributed by atoms with Crippen LogP contribution in [-0.4, -0.2) is 31.1 Å². The lowest BCUT2D eigenvalue weighted by molar-refractivity contribution is -0.119. The highest BCUT2D eigenvalue weighted by molar-refractivity contribution is 6.02. The van der Waals surface area contributed by atoms with Crippen LogP contribution in [0.4, 0.5) is 5.69 Å². The quantitative estimate of drug-likeness (QED) is 0.793. The van der Waals surface area contributed by atoms with Gasteiger partial charge in [0.15, 0.2) is 6.61 Å². The Labute approximate surface area is 157 Å². The molecule has 0 radical (unpaired) electrons. The highest BCUT2D eigenvalue weighted by Gasteiger charge is 2.17. The molecule has 0 bridgehead atoms. The van der Waals surface area contributed by atoms with Crippen molar-refractivity contribution in [3.63, 3.8) is 0 Å². The Bertz CT molecular complexity index is 875. The summed E-state index contributed by atoms with van der Waals surface area (Å²) in [5.41, 5.74) is 3.43. The van der Waals surface area contributed by atoms with Crippen LogP contribution in [0.1, 0.15) is 45.2 Å². The van der Waals surface area contributed by atoms with E-state index in [0.29, 0.717) is 11.3 Å². The predicted molar refractivity (Wildman–Crippen MR) is 99.8 cm³/mol. The van der Waals surface area contributed by atoms with Crippen LogP contribution in [0.15, 0.2) is 42.5 Å². The highest BCUT2D eigenvalue weighted by Crippen LogP contribution is 2.23. The summed E-state index contributed by atoms with van der Waals surface area (Å²) >= 11 is 0. The summed E-state index contributed by atoms with van der Waals surface area (Å²) < 4.78 is 10.1. The van der Waals surface area contributed by atoms with Gasteiger partial charge in [0.05, 0.1) is 23.4 Å². The van der Waals surface area contributed by atoms with Gasteiger partial charge in [-0.05, 0) is 61.6 Å². The van der Waals surface area contributed by atoms with Crippen LogP contribution in [0.3, 0.4) is 0 Å². The Kier molecular flexibility index (Phi) is 5.86. The number of aryl methyl sites for hydroxylation is 2. The van der Waals surface area contributed by atoms with E-state index in [-0.39, 0.29) is 12.2 Å². The number of hydrogen-bond acceptors (Lipinski definition) is 5. The number of rotatable bonds is 6. The Morgan fingerprint density at radius 1 is 0.963 bits per heavy atom. The van der Waals surface area contributed by atoms with Crippen molar-refractivity contribution in [1.29, 1.82) is 0 Å². The number of amides is 1. The SMILES string of the molecule is CCOC(=O)c1ccccc1NC(=O)COC(=O)c1ccc2c(c1)CCC2. The number of ether oxygens (including phenoxy) is 2. The van der Waals surface area contributed by atoms with Crippen LogP contribution in [0.5, 0.6) is 0 Å². The Morgan fingerprint density at radius 3 is 2.56 bits per heavy atom. The zero-order chi connectivity index (χ0) is 19.2. The molecular formula is C21H21NO5. The largest absolute Gasteiger partial charge is 0.462 e. The highest BCUT2D eigenvalue weighted by atomic mass is 16.5. The van der Waals surface area contributed by atoms with Gasteiger partial charge in [0.1, 0.15) is 0 Å². The summed E-state index contributed by atoms with van der Waals surface area (Å²) in [6, 6.07) is 12.0. The molecule has 0 spiro atoms. The molecular weight excluding hydrogens is 346 g/mol. The molecule has 140 valence electrons. The molecule has 0 atom stereocenters. The predicted octanol–water partition coefficient (Wildman–Crippen LogP) is 3.15. The van der Waals surface area contributed by atoms with Gasteiger partial charge in [-0.1, -0.05) is 18.2 Å². The summed E-state index contributed by atoms with van der Waals surface area (Å²) in [7, 11) is 0. The number of para-hydroxylation sites is 1. The van der Waals surface area contributed by atoms with Gasteiger partial charge in [-0.3, -0.25) is 4.79 Å². The second-order valence-corrected chi connectivity index (χ2v) is 6.23. The Morgan fingerprint density at radius 2 is 1.74 bits per heavy atom. The molecule has 0 saturated heterocycles. The van der Waals surface area contributed by atoms with Crippen molar-refractivity contribution in [2.24, 2.45) is 0 Å². The van der Waals surface area contributed by atoms with Crippen molar-refractivity contribution >= 4 is 23.5 Å². The normalized spacial score (nSPS) is 12.2. The smallest absolute Gasteiger partial charge is 0.340 e. The molecule has 1 aliphatic carbocycles. The minimum atomic E-state index is -0.543. The number of carbonyl (C=O) groups is 3. The molecule has 6 heteroatoms.